The number of benzene rings is 1. The maximum absolute atomic E-state index is 12.6. The van der Waals surface area contributed by atoms with E-state index in [1.54, 1.807) is 7.11 Å². The van der Waals surface area contributed by atoms with Crippen molar-refractivity contribution >= 4 is 5.91 Å². The number of ether oxygens (including phenoxy) is 2. The molecule has 0 bridgehead atoms. The zero-order valence-electron chi connectivity index (χ0n) is 17.0. The van der Waals surface area contributed by atoms with Gasteiger partial charge in [0, 0.05) is 25.6 Å². The van der Waals surface area contributed by atoms with Crippen molar-refractivity contribution in [1.82, 2.24) is 9.80 Å². The molecule has 2 fully saturated rings. The lowest BCUT2D eigenvalue weighted by Gasteiger charge is -2.36. The second-order valence-corrected chi connectivity index (χ2v) is 7.98. The van der Waals surface area contributed by atoms with E-state index in [4.69, 9.17) is 9.47 Å². The molecule has 2 heterocycles. The molecule has 1 aromatic carbocycles. The van der Waals surface area contributed by atoms with Gasteiger partial charge in [0.15, 0.2) is 0 Å². The number of aliphatic hydroxyl groups excluding tert-OH is 1. The van der Waals surface area contributed by atoms with Gasteiger partial charge in [0.05, 0.1) is 26.4 Å². The van der Waals surface area contributed by atoms with E-state index < -0.39 is 6.10 Å². The third-order valence-electron chi connectivity index (χ3n) is 5.79. The van der Waals surface area contributed by atoms with Crippen LogP contribution in [0.4, 0.5) is 0 Å². The van der Waals surface area contributed by atoms with Crippen LogP contribution in [-0.2, 0) is 16.1 Å². The van der Waals surface area contributed by atoms with Crippen molar-refractivity contribution in [2.75, 3.05) is 46.4 Å². The lowest BCUT2D eigenvalue weighted by molar-refractivity contribution is -0.138. The highest BCUT2D eigenvalue weighted by molar-refractivity contribution is 5.79. The number of amides is 1. The molecule has 0 spiro atoms. The van der Waals surface area contributed by atoms with Gasteiger partial charge in [-0.05, 0) is 62.9 Å². The summed E-state index contributed by atoms with van der Waals surface area (Å²) in [5, 5.41) is 10.3. The summed E-state index contributed by atoms with van der Waals surface area (Å²) in [4.78, 5) is 16.9. The zero-order valence-corrected chi connectivity index (χ0v) is 17.0. The molecule has 0 radical (unpaired) electrons. The lowest BCUT2D eigenvalue weighted by Crippen LogP contribution is -2.46. The number of rotatable bonds is 8. The van der Waals surface area contributed by atoms with Crippen molar-refractivity contribution in [1.29, 1.82) is 0 Å². The van der Waals surface area contributed by atoms with E-state index in [0.29, 0.717) is 25.7 Å². The Kier molecular flexibility index (Phi) is 8.13. The highest BCUT2D eigenvalue weighted by atomic mass is 16.5. The average molecular weight is 391 g/mol. The highest BCUT2D eigenvalue weighted by Gasteiger charge is 2.29. The molecule has 1 unspecified atom stereocenters. The molecule has 28 heavy (non-hydrogen) atoms. The summed E-state index contributed by atoms with van der Waals surface area (Å²) in [5.74, 6) is 1.32. The molecule has 1 atom stereocenters. The van der Waals surface area contributed by atoms with E-state index in [1.165, 1.54) is 6.42 Å². The minimum Gasteiger partial charge on any atom is -0.497 e. The summed E-state index contributed by atoms with van der Waals surface area (Å²) in [5.41, 5.74) is 1.03. The maximum atomic E-state index is 12.6. The average Bonchev–Trinajstić information content (AvgIpc) is 2.74. The molecule has 0 aromatic heterocycles. The molecule has 0 saturated carbocycles. The number of nitrogens with zero attached hydrogens (tertiary/aromatic N) is 2. The topological polar surface area (TPSA) is 62.2 Å². The van der Waals surface area contributed by atoms with Gasteiger partial charge < -0.3 is 24.4 Å². The van der Waals surface area contributed by atoms with Gasteiger partial charge in [0.25, 0.3) is 0 Å². The van der Waals surface area contributed by atoms with Gasteiger partial charge in [0.2, 0.25) is 5.91 Å². The fraction of sp³-hybridized carbons (Fsp3) is 0.682. The van der Waals surface area contributed by atoms with Crippen LogP contribution in [0.2, 0.25) is 0 Å². The van der Waals surface area contributed by atoms with Crippen LogP contribution in [0.15, 0.2) is 24.3 Å². The number of hydrogen-bond acceptors (Lipinski definition) is 5. The van der Waals surface area contributed by atoms with E-state index in [1.807, 2.05) is 24.3 Å². The van der Waals surface area contributed by atoms with Crippen LogP contribution in [0, 0.1) is 5.92 Å². The van der Waals surface area contributed by atoms with Crippen molar-refractivity contribution in [3.8, 4) is 5.75 Å². The SMILES string of the molecule is COc1cccc(COCC(O)CN2CCC(C(=O)N3CCCCC3)CC2)c1. The minimum atomic E-state index is -0.514. The quantitative estimate of drug-likeness (QED) is 0.738. The van der Waals surface area contributed by atoms with Crippen LogP contribution < -0.4 is 4.74 Å². The Hall–Kier alpha value is -1.63. The number of carbonyl (C=O) groups is 1. The van der Waals surface area contributed by atoms with Crippen molar-refractivity contribution in [3.05, 3.63) is 29.8 Å². The van der Waals surface area contributed by atoms with E-state index in [2.05, 4.69) is 9.80 Å². The van der Waals surface area contributed by atoms with E-state index in [9.17, 15) is 9.90 Å². The van der Waals surface area contributed by atoms with Crippen LogP contribution >= 0.6 is 0 Å². The molecule has 3 rings (SSSR count). The molecule has 1 amide bonds. The number of aliphatic hydroxyl groups is 1. The summed E-state index contributed by atoms with van der Waals surface area (Å²) in [7, 11) is 1.65. The first kappa shape index (κ1) is 21.1. The minimum absolute atomic E-state index is 0.163. The summed E-state index contributed by atoms with van der Waals surface area (Å²) in [6.07, 6.45) is 4.82. The van der Waals surface area contributed by atoms with Crippen molar-refractivity contribution in [3.63, 3.8) is 0 Å². The van der Waals surface area contributed by atoms with Gasteiger partial charge in [-0.1, -0.05) is 12.1 Å². The lowest BCUT2D eigenvalue weighted by atomic mass is 9.94. The molecule has 1 aromatic rings. The van der Waals surface area contributed by atoms with Gasteiger partial charge >= 0.3 is 0 Å². The van der Waals surface area contributed by atoms with Crippen LogP contribution in [0.1, 0.15) is 37.7 Å². The van der Waals surface area contributed by atoms with Gasteiger partial charge in [-0.15, -0.1) is 0 Å². The van der Waals surface area contributed by atoms with Gasteiger partial charge in [0.1, 0.15) is 5.75 Å². The second kappa shape index (κ2) is 10.8. The first-order chi connectivity index (χ1) is 13.7. The number of likely N-dealkylation sites (tertiary alicyclic amines) is 2. The van der Waals surface area contributed by atoms with Crippen LogP contribution in [0.25, 0.3) is 0 Å². The molecule has 2 saturated heterocycles. The van der Waals surface area contributed by atoms with Crippen LogP contribution in [0.5, 0.6) is 5.75 Å². The summed E-state index contributed by atoms with van der Waals surface area (Å²) < 4.78 is 10.9. The molecular formula is C22H34N2O4. The Morgan fingerprint density at radius 3 is 2.64 bits per heavy atom. The Morgan fingerprint density at radius 2 is 1.93 bits per heavy atom. The number of hydrogen-bond donors (Lipinski definition) is 1. The number of piperidine rings is 2. The molecule has 2 aliphatic heterocycles. The second-order valence-electron chi connectivity index (χ2n) is 7.98. The normalized spacial score (nSPS) is 20.1. The third kappa shape index (κ3) is 6.19. The predicted octanol–water partition coefficient (Wildman–Crippen LogP) is 2.30. The molecule has 6 heteroatoms. The molecule has 0 aliphatic carbocycles. The number of β-amino-alcohol motifs (C(OH)–C–C–N with tert-alkyl or cyclic N) is 1. The summed E-state index contributed by atoms with van der Waals surface area (Å²) >= 11 is 0. The number of carbonyl (C=O) groups excluding carboxylic acids is 1. The van der Waals surface area contributed by atoms with Gasteiger partial charge in [-0.3, -0.25) is 4.79 Å². The number of methoxy groups -OCH3 is 1. The smallest absolute Gasteiger partial charge is 0.225 e. The van der Waals surface area contributed by atoms with Gasteiger partial charge in [-0.25, -0.2) is 0 Å². The van der Waals surface area contributed by atoms with Crippen molar-refractivity contribution in [2.24, 2.45) is 5.92 Å². The highest BCUT2D eigenvalue weighted by Crippen LogP contribution is 2.22. The predicted molar refractivity (Wildman–Crippen MR) is 108 cm³/mol. The molecule has 2 aliphatic rings. The van der Waals surface area contributed by atoms with E-state index >= 15 is 0 Å². The monoisotopic (exact) mass is 390 g/mol. The third-order valence-corrected chi connectivity index (χ3v) is 5.79. The standard InChI is InChI=1S/C22H34N2O4/c1-27-21-7-5-6-18(14-21)16-28-17-20(25)15-23-12-8-19(9-13-23)22(26)24-10-3-2-4-11-24/h5-7,14,19-20,25H,2-4,8-13,15-17H2,1H3. The fourth-order valence-electron chi connectivity index (χ4n) is 4.16. The summed E-state index contributed by atoms with van der Waals surface area (Å²) in [6, 6.07) is 7.76. The molecular weight excluding hydrogens is 356 g/mol. The molecule has 156 valence electrons. The van der Waals surface area contributed by atoms with Crippen molar-refractivity contribution in [2.45, 2.75) is 44.8 Å². The molecule has 6 nitrogen and oxygen atoms in total. The van der Waals surface area contributed by atoms with Gasteiger partial charge in [-0.2, -0.15) is 0 Å². The summed E-state index contributed by atoms with van der Waals surface area (Å²) in [6.45, 7) is 4.98. The first-order valence-electron chi connectivity index (χ1n) is 10.6. The largest absolute Gasteiger partial charge is 0.497 e. The maximum Gasteiger partial charge on any atom is 0.225 e. The Labute approximate surface area is 168 Å². The Morgan fingerprint density at radius 1 is 1.18 bits per heavy atom. The van der Waals surface area contributed by atoms with Crippen LogP contribution in [-0.4, -0.2) is 73.4 Å². The van der Waals surface area contributed by atoms with Crippen LogP contribution in [0.3, 0.4) is 0 Å². The Balaban J connectivity index is 1.33. The molecule has 1 N–H and O–H groups in total. The first-order valence-corrected chi connectivity index (χ1v) is 10.6. The Bertz CT molecular complexity index is 610. The van der Waals surface area contributed by atoms with E-state index in [0.717, 1.165) is 63.2 Å². The fourth-order valence-corrected chi connectivity index (χ4v) is 4.16. The zero-order chi connectivity index (χ0) is 19.8. The van der Waals surface area contributed by atoms with E-state index in [-0.39, 0.29) is 5.92 Å². The van der Waals surface area contributed by atoms with Crippen molar-refractivity contribution < 1.29 is 19.4 Å².